The monoisotopic (exact) mass is 298 g/mol. The quantitative estimate of drug-likeness (QED) is 0.823. The van der Waals surface area contributed by atoms with Gasteiger partial charge in [-0.1, -0.05) is 13.0 Å². The summed E-state index contributed by atoms with van der Waals surface area (Å²) in [7, 11) is -3.50. The van der Waals surface area contributed by atoms with Crippen LogP contribution in [0.2, 0.25) is 0 Å². The molecule has 1 atom stereocenters. The van der Waals surface area contributed by atoms with Gasteiger partial charge in [-0.2, -0.15) is 12.7 Å². The average Bonchev–Trinajstić information content (AvgIpc) is 2.46. The molecular formula is C13H22N4O2S. The number of anilines is 1. The Bertz CT molecular complexity index is 506. The summed E-state index contributed by atoms with van der Waals surface area (Å²) in [5, 5.41) is 3.29. The summed E-state index contributed by atoms with van der Waals surface area (Å²) in [4.78, 5) is 4.00. The van der Waals surface area contributed by atoms with Gasteiger partial charge in [0, 0.05) is 19.3 Å². The molecule has 1 aromatic heterocycles. The van der Waals surface area contributed by atoms with Crippen LogP contribution in [0.5, 0.6) is 0 Å². The van der Waals surface area contributed by atoms with Crippen LogP contribution >= 0.6 is 0 Å². The van der Waals surface area contributed by atoms with E-state index in [0.717, 1.165) is 25.9 Å². The maximum absolute atomic E-state index is 12.3. The zero-order chi connectivity index (χ0) is 14.4. The molecule has 1 aliphatic rings. The second-order valence-electron chi connectivity index (χ2n) is 5.00. The van der Waals surface area contributed by atoms with Gasteiger partial charge in [-0.15, -0.1) is 0 Å². The maximum Gasteiger partial charge on any atom is 0.302 e. The van der Waals surface area contributed by atoms with E-state index in [9.17, 15) is 8.42 Å². The molecule has 0 amide bonds. The first-order chi connectivity index (χ1) is 9.62. The highest BCUT2D eigenvalue weighted by molar-refractivity contribution is 7.90. The maximum atomic E-state index is 12.3. The van der Waals surface area contributed by atoms with Crippen LogP contribution in [0.4, 0.5) is 5.82 Å². The fourth-order valence-electron chi connectivity index (χ4n) is 2.38. The summed E-state index contributed by atoms with van der Waals surface area (Å²) in [6.45, 7) is 4.97. The van der Waals surface area contributed by atoms with Crippen molar-refractivity contribution in [3.63, 3.8) is 0 Å². The largest absolute Gasteiger partial charge is 0.317 e. The Balaban J connectivity index is 1.98. The molecule has 0 aliphatic carbocycles. The lowest BCUT2D eigenvalue weighted by atomic mass is 10.00. The van der Waals surface area contributed by atoms with Gasteiger partial charge in [-0.05, 0) is 44.0 Å². The SMILES string of the molecule is CCNCC1CCCN(S(=O)(=O)Nc2ccccn2)C1. The van der Waals surface area contributed by atoms with E-state index >= 15 is 0 Å². The Labute approximate surface area is 120 Å². The van der Waals surface area contributed by atoms with Crippen molar-refractivity contribution in [2.24, 2.45) is 5.92 Å². The first-order valence-electron chi connectivity index (χ1n) is 7.01. The van der Waals surface area contributed by atoms with E-state index in [0.29, 0.717) is 24.8 Å². The van der Waals surface area contributed by atoms with Gasteiger partial charge in [0.15, 0.2) is 0 Å². The first kappa shape index (κ1) is 15.2. The smallest absolute Gasteiger partial charge is 0.302 e. The fraction of sp³-hybridized carbons (Fsp3) is 0.615. The molecule has 1 saturated heterocycles. The third-order valence-electron chi connectivity index (χ3n) is 3.40. The normalized spacial score (nSPS) is 20.8. The lowest BCUT2D eigenvalue weighted by Gasteiger charge is -2.31. The molecule has 2 N–H and O–H groups in total. The molecule has 112 valence electrons. The van der Waals surface area contributed by atoms with E-state index in [-0.39, 0.29) is 0 Å². The number of pyridine rings is 1. The molecule has 0 bridgehead atoms. The van der Waals surface area contributed by atoms with Gasteiger partial charge in [-0.3, -0.25) is 4.72 Å². The topological polar surface area (TPSA) is 74.3 Å². The Morgan fingerprint density at radius 1 is 1.45 bits per heavy atom. The van der Waals surface area contributed by atoms with Crippen molar-refractivity contribution in [1.29, 1.82) is 0 Å². The van der Waals surface area contributed by atoms with Crippen molar-refractivity contribution in [2.45, 2.75) is 19.8 Å². The van der Waals surface area contributed by atoms with E-state index in [4.69, 9.17) is 0 Å². The van der Waals surface area contributed by atoms with E-state index in [1.165, 1.54) is 4.31 Å². The molecule has 1 aliphatic heterocycles. The highest BCUT2D eigenvalue weighted by atomic mass is 32.2. The summed E-state index contributed by atoms with van der Waals surface area (Å²) >= 11 is 0. The minimum absolute atomic E-state index is 0.362. The van der Waals surface area contributed by atoms with Gasteiger partial charge in [0.05, 0.1) is 0 Å². The van der Waals surface area contributed by atoms with Crippen LogP contribution in [0, 0.1) is 5.92 Å². The number of aromatic nitrogens is 1. The van der Waals surface area contributed by atoms with E-state index in [1.807, 2.05) is 0 Å². The van der Waals surface area contributed by atoms with Crippen LogP contribution in [0.3, 0.4) is 0 Å². The number of nitrogens with zero attached hydrogens (tertiary/aromatic N) is 2. The second-order valence-corrected chi connectivity index (χ2v) is 6.67. The van der Waals surface area contributed by atoms with Gasteiger partial charge in [0.25, 0.3) is 0 Å². The molecule has 20 heavy (non-hydrogen) atoms. The Morgan fingerprint density at radius 3 is 3.00 bits per heavy atom. The molecule has 1 aromatic rings. The molecule has 0 aromatic carbocycles. The molecule has 1 unspecified atom stereocenters. The van der Waals surface area contributed by atoms with Crippen molar-refractivity contribution < 1.29 is 8.42 Å². The van der Waals surface area contributed by atoms with Gasteiger partial charge >= 0.3 is 10.2 Å². The molecule has 0 radical (unpaired) electrons. The van der Waals surface area contributed by atoms with Crippen LogP contribution in [-0.4, -0.2) is 43.9 Å². The predicted molar refractivity (Wildman–Crippen MR) is 79.6 cm³/mol. The lowest BCUT2D eigenvalue weighted by molar-refractivity contribution is 0.262. The third-order valence-corrected chi connectivity index (χ3v) is 4.88. The van der Waals surface area contributed by atoms with Gasteiger partial charge in [0.1, 0.15) is 5.82 Å². The number of hydrogen-bond donors (Lipinski definition) is 2. The highest BCUT2D eigenvalue weighted by Gasteiger charge is 2.28. The zero-order valence-electron chi connectivity index (χ0n) is 11.7. The fourth-order valence-corrected chi connectivity index (χ4v) is 3.67. The zero-order valence-corrected chi connectivity index (χ0v) is 12.6. The van der Waals surface area contributed by atoms with Crippen LogP contribution < -0.4 is 10.0 Å². The van der Waals surface area contributed by atoms with E-state index < -0.39 is 10.2 Å². The van der Waals surface area contributed by atoms with Gasteiger partial charge in [-0.25, -0.2) is 4.98 Å². The molecule has 2 heterocycles. The van der Waals surface area contributed by atoms with Gasteiger partial charge < -0.3 is 5.32 Å². The summed E-state index contributed by atoms with van der Waals surface area (Å²) < 4.78 is 28.7. The number of rotatable bonds is 6. The molecule has 2 rings (SSSR count). The number of hydrogen-bond acceptors (Lipinski definition) is 4. The number of piperidine rings is 1. The van der Waals surface area contributed by atoms with Crippen molar-refractivity contribution in [1.82, 2.24) is 14.6 Å². The van der Waals surface area contributed by atoms with Crippen molar-refractivity contribution in [3.8, 4) is 0 Å². The summed E-state index contributed by atoms with van der Waals surface area (Å²) in [6, 6.07) is 5.16. The summed E-state index contributed by atoms with van der Waals surface area (Å²) in [5.41, 5.74) is 0. The minimum atomic E-state index is -3.50. The molecular weight excluding hydrogens is 276 g/mol. The average molecular weight is 298 g/mol. The van der Waals surface area contributed by atoms with Crippen molar-refractivity contribution >= 4 is 16.0 Å². The van der Waals surface area contributed by atoms with E-state index in [2.05, 4.69) is 21.9 Å². The second kappa shape index (κ2) is 7.01. The van der Waals surface area contributed by atoms with Crippen molar-refractivity contribution in [3.05, 3.63) is 24.4 Å². The molecule has 0 saturated carbocycles. The van der Waals surface area contributed by atoms with Crippen LogP contribution in [0.15, 0.2) is 24.4 Å². The van der Waals surface area contributed by atoms with Crippen LogP contribution in [0.1, 0.15) is 19.8 Å². The lowest BCUT2D eigenvalue weighted by Crippen LogP contribution is -2.45. The van der Waals surface area contributed by atoms with Crippen molar-refractivity contribution in [2.75, 3.05) is 30.9 Å². The number of nitrogens with one attached hydrogen (secondary N) is 2. The summed E-state index contributed by atoms with van der Waals surface area (Å²) in [6.07, 6.45) is 3.55. The van der Waals surface area contributed by atoms with Crippen LogP contribution in [-0.2, 0) is 10.2 Å². The van der Waals surface area contributed by atoms with E-state index in [1.54, 1.807) is 24.4 Å². The molecule has 6 nitrogen and oxygen atoms in total. The van der Waals surface area contributed by atoms with Gasteiger partial charge in [0.2, 0.25) is 0 Å². The Kier molecular flexibility index (Phi) is 5.33. The minimum Gasteiger partial charge on any atom is -0.317 e. The van der Waals surface area contributed by atoms with Crippen LogP contribution in [0.25, 0.3) is 0 Å². The molecule has 7 heteroatoms. The predicted octanol–water partition coefficient (Wildman–Crippen LogP) is 1.06. The molecule has 1 fully saturated rings. The standard InChI is InChI=1S/C13H22N4O2S/c1-2-14-10-12-6-5-9-17(11-12)20(18,19)16-13-7-3-4-8-15-13/h3-4,7-8,12,14H,2,5-6,9-11H2,1H3,(H,15,16). The Hall–Kier alpha value is -1.18. The first-order valence-corrected chi connectivity index (χ1v) is 8.45. The molecule has 0 spiro atoms. The summed E-state index contributed by atoms with van der Waals surface area (Å²) in [5.74, 6) is 0.741. The Morgan fingerprint density at radius 2 is 2.30 bits per heavy atom. The highest BCUT2D eigenvalue weighted by Crippen LogP contribution is 2.19. The third kappa shape index (κ3) is 4.16.